The molecule has 0 saturated heterocycles. The number of benzene rings is 4. The van der Waals surface area contributed by atoms with E-state index in [9.17, 15) is 50.0 Å². The molecule has 0 spiro atoms. The summed E-state index contributed by atoms with van der Waals surface area (Å²) in [6, 6.07) is 16.6. The highest BCUT2D eigenvalue weighted by Crippen LogP contribution is 2.25. The van der Waals surface area contributed by atoms with Gasteiger partial charge in [-0.15, -0.1) is 0 Å². The number of non-ortho nitro benzene ring substituents is 4. The quantitative estimate of drug-likeness (QED) is 0.0682. The Morgan fingerprint density at radius 2 is 0.848 bits per heavy atom. The van der Waals surface area contributed by atoms with Crippen LogP contribution in [0.3, 0.4) is 0 Å². The molecule has 0 aliphatic carbocycles. The molecule has 18 heteroatoms. The van der Waals surface area contributed by atoms with Crippen molar-refractivity contribution in [3.63, 3.8) is 0 Å². The molecule has 0 aliphatic rings. The van der Waals surface area contributed by atoms with E-state index in [4.69, 9.17) is 9.47 Å². The zero-order chi connectivity index (χ0) is 33.4. The van der Waals surface area contributed by atoms with Crippen LogP contribution in [-0.2, 0) is 0 Å². The van der Waals surface area contributed by atoms with Crippen LogP contribution in [0.2, 0.25) is 0 Å². The van der Waals surface area contributed by atoms with Crippen LogP contribution in [0.1, 0.15) is 31.8 Å². The zero-order valence-corrected chi connectivity index (χ0v) is 22.8. The second kappa shape index (κ2) is 13.8. The molecule has 0 aliphatic heterocycles. The lowest BCUT2D eigenvalue weighted by molar-refractivity contribution is -0.394. The van der Waals surface area contributed by atoms with Crippen molar-refractivity contribution in [2.45, 2.75) is 0 Å². The van der Waals surface area contributed by atoms with Gasteiger partial charge in [0.2, 0.25) is 0 Å². The predicted molar refractivity (Wildman–Crippen MR) is 157 cm³/mol. The molecule has 230 valence electrons. The van der Waals surface area contributed by atoms with Crippen LogP contribution in [-0.4, -0.2) is 44.1 Å². The Balaban J connectivity index is 1.42. The number of hydrogen-bond acceptors (Lipinski definition) is 14. The number of carbonyl (C=O) groups excluding carboxylic acids is 2. The van der Waals surface area contributed by atoms with Gasteiger partial charge in [0.15, 0.2) is 0 Å². The van der Waals surface area contributed by atoms with Gasteiger partial charge < -0.3 is 9.47 Å². The number of nitrogens with zero attached hydrogens (tertiary/aromatic N) is 6. The lowest BCUT2D eigenvalue weighted by atomic mass is 10.1. The number of carbonyl (C=O) groups is 2. The van der Waals surface area contributed by atoms with Crippen molar-refractivity contribution in [2.24, 2.45) is 10.2 Å². The summed E-state index contributed by atoms with van der Waals surface area (Å²) >= 11 is 0. The molecule has 4 aromatic carbocycles. The molecule has 4 rings (SSSR count). The smallest absolute Gasteiger partial charge is 0.344 e. The number of rotatable bonds is 11. The SMILES string of the molecule is O=C(Oc1cccc(/C=N\N=C/c2cccc(OC(=O)c3cc([N+](=O)[O-])cc([N+](=O)[O-])c3)c2)c1)c1cc([N+](=O)[O-])cc([N+](=O)[O-])c1. The van der Waals surface area contributed by atoms with E-state index in [1.807, 2.05) is 0 Å². The second-order valence-corrected chi connectivity index (χ2v) is 8.92. The van der Waals surface area contributed by atoms with Gasteiger partial charge in [-0.05, 0) is 35.4 Å². The highest BCUT2D eigenvalue weighted by molar-refractivity contribution is 5.94. The maximum Gasteiger partial charge on any atom is 0.344 e. The van der Waals surface area contributed by atoms with Crippen LogP contribution in [0.25, 0.3) is 0 Å². The molecule has 0 radical (unpaired) electrons. The molecule has 0 amide bonds. The minimum atomic E-state index is -1.07. The summed E-state index contributed by atoms with van der Waals surface area (Å²) in [4.78, 5) is 65.9. The van der Waals surface area contributed by atoms with Crippen molar-refractivity contribution in [1.29, 1.82) is 0 Å². The summed E-state index contributed by atoms with van der Waals surface area (Å²) in [6.45, 7) is 0. The third-order valence-corrected chi connectivity index (χ3v) is 5.74. The van der Waals surface area contributed by atoms with Crippen LogP contribution >= 0.6 is 0 Å². The molecule has 0 atom stereocenters. The molecule has 0 N–H and O–H groups in total. The number of ether oxygens (including phenoxy) is 2. The van der Waals surface area contributed by atoms with Gasteiger partial charge in [0, 0.05) is 24.3 Å². The largest absolute Gasteiger partial charge is 0.423 e. The average Bonchev–Trinajstić information content (AvgIpc) is 3.03. The normalized spacial score (nSPS) is 10.9. The van der Waals surface area contributed by atoms with Crippen LogP contribution in [0, 0.1) is 40.5 Å². The third kappa shape index (κ3) is 8.19. The minimum Gasteiger partial charge on any atom is -0.423 e. The second-order valence-electron chi connectivity index (χ2n) is 8.92. The van der Waals surface area contributed by atoms with E-state index in [2.05, 4.69) is 10.2 Å². The first-order valence-corrected chi connectivity index (χ1v) is 12.5. The lowest BCUT2D eigenvalue weighted by Gasteiger charge is -2.05. The molecule has 0 unspecified atom stereocenters. The first-order valence-electron chi connectivity index (χ1n) is 12.5. The van der Waals surface area contributed by atoms with Gasteiger partial charge >= 0.3 is 11.9 Å². The average molecular weight is 628 g/mol. The highest BCUT2D eigenvalue weighted by atomic mass is 16.6. The Kier molecular flexibility index (Phi) is 9.52. The molecule has 46 heavy (non-hydrogen) atoms. The Bertz CT molecular complexity index is 1770. The molecule has 0 fully saturated rings. The van der Waals surface area contributed by atoms with Crippen LogP contribution in [0.5, 0.6) is 11.5 Å². The molecule has 0 heterocycles. The Labute approximate surface area is 255 Å². The fourth-order valence-corrected chi connectivity index (χ4v) is 3.70. The maximum atomic E-state index is 12.5. The number of hydrogen-bond donors (Lipinski definition) is 0. The Morgan fingerprint density at radius 1 is 0.522 bits per heavy atom. The van der Waals surface area contributed by atoms with E-state index in [1.165, 1.54) is 48.8 Å². The van der Waals surface area contributed by atoms with Crippen molar-refractivity contribution in [3.05, 3.63) is 148 Å². The maximum absolute atomic E-state index is 12.5. The Morgan fingerprint density at radius 3 is 1.15 bits per heavy atom. The van der Waals surface area contributed by atoms with Gasteiger partial charge in [0.1, 0.15) is 11.5 Å². The van der Waals surface area contributed by atoms with Crippen molar-refractivity contribution in [2.75, 3.05) is 0 Å². The number of nitro benzene ring substituents is 4. The fourth-order valence-electron chi connectivity index (χ4n) is 3.70. The number of esters is 2. The van der Waals surface area contributed by atoms with Gasteiger partial charge in [0.25, 0.3) is 22.7 Å². The molecular weight excluding hydrogens is 612 g/mol. The van der Waals surface area contributed by atoms with Crippen LogP contribution in [0.4, 0.5) is 22.7 Å². The molecule has 0 bridgehead atoms. The van der Waals surface area contributed by atoms with Crippen molar-refractivity contribution >= 4 is 47.1 Å². The van der Waals surface area contributed by atoms with Crippen molar-refractivity contribution in [1.82, 2.24) is 0 Å². The van der Waals surface area contributed by atoms with E-state index in [0.29, 0.717) is 23.3 Å². The summed E-state index contributed by atoms with van der Waals surface area (Å²) in [7, 11) is 0. The van der Waals surface area contributed by atoms with Gasteiger partial charge in [0.05, 0.1) is 55.4 Å². The van der Waals surface area contributed by atoms with E-state index in [0.717, 1.165) is 24.3 Å². The standard InChI is InChI=1S/C28H16N6O12/c35-27(19-9-21(31(37)38)13-22(10-19)32(39)40)45-25-5-1-3-17(7-25)15-29-30-16-18-4-2-6-26(8-18)46-28(36)20-11-23(33(41)42)14-24(12-20)34(43)44/h1-16H/b29-15-,30-16-. The summed E-state index contributed by atoms with van der Waals surface area (Å²) in [5.74, 6) is -2.11. The van der Waals surface area contributed by atoms with Crippen molar-refractivity contribution < 1.29 is 38.8 Å². The Hall–Kier alpha value is -7.24. The molecule has 0 aromatic heterocycles. The van der Waals surface area contributed by atoms with Gasteiger partial charge in [-0.2, -0.15) is 10.2 Å². The summed E-state index contributed by atoms with van der Waals surface area (Å²) in [5, 5.41) is 52.1. The summed E-state index contributed by atoms with van der Waals surface area (Å²) in [5.41, 5.74) is -2.58. The highest BCUT2D eigenvalue weighted by Gasteiger charge is 2.22. The molecule has 18 nitrogen and oxygen atoms in total. The van der Waals surface area contributed by atoms with Gasteiger partial charge in [-0.1, -0.05) is 24.3 Å². The van der Waals surface area contributed by atoms with Crippen LogP contribution < -0.4 is 9.47 Å². The zero-order valence-electron chi connectivity index (χ0n) is 22.8. The monoisotopic (exact) mass is 628 g/mol. The molecule has 4 aromatic rings. The van der Waals surface area contributed by atoms with Gasteiger partial charge in [-0.3, -0.25) is 40.5 Å². The topological polar surface area (TPSA) is 250 Å². The third-order valence-electron chi connectivity index (χ3n) is 5.74. The molecular formula is C28H16N6O12. The summed E-state index contributed by atoms with van der Waals surface area (Å²) in [6.07, 6.45) is 2.59. The predicted octanol–water partition coefficient (Wildman–Crippen LogP) is 5.21. The number of nitro groups is 4. The van der Waals surface area contributed by atoms with Gasteiger partial charge in [-0.25, -0.2) is 9.59 Å². The minimum absolute atomic E-state index is 0.00989. The van der Waals surface area contributed by atoms with Crippen molar-refractivity contribution in [3.8, 4) is 11.5 Å². The van der Waals surface area contributed by atoms with E-state index in [1.54, 1.807) is 12.1 Å². The van der Waals surface area contributed by atoms with E-state index >= 15 is 0 Å². The summed E-state index contributed by atoms with van der Waals surface area (Å²) < 4.78 is 10.4. The van der Waals surface area contributed by atoms with E-state index < -0.39 is 65.5 Å². The van der Waals surface area contributed by atoms with Crippen LogP contribution in [0.15, 0.2) is 95.1 Å². The van der Waals surface area contributed by atoms with E-state index in [-0.39, 0.29) is 11.5 Å². The first kappa shape index (κ1) is 31.7. The first-order chi connectivity index (χ1) is 21.9. The fraction of sp³-hybridized carbons (Fsp3) is 0. The lowest BCUT2D eigenvalue weighted by Crippen LogP contribution is -2.10. The molecule has 0 saturated carbocycles.